The summed E-state index contributed by atoms with van der Waals surface area (Å²) >= 11 is 0. The van der Waals surface area contributed by atoms with Gasteiger partial charge in [-0.3, -0.25) is 9.59 Å². The van der Waals surface area contributed by atoms with Gasteiger partial charge in [0.15, 0.2) is 0 Å². The first-order valence-corrected chi connectivity index (χ1v) is 10.7. The summed E-state index contributed by atoms with van der Waals surface area (Å²) < 4.78 is 8.16. The standard InChI is InChI=1S/C24H28N4O3/c1-15-5-6-17(11-16(15)2)12-28-14-24-8-7-18(31-24)20(21(24)23(28)30)22(29)27(4)13-19-25-9-10-26(19)3/h5-11,18,20-21H,12-14H2,1-4H3/t18-,20?,21?,24-/m1/s1. The molecule has 3 aliphatic rings. The van der Waals surface area contributed by atoms with E-state index in [2.05, 4.69) is 37.0 Å². The molecule has 2 unspecified atom stereocenters. The van der Waals surface area contributed by atoms with Crippen LogP contribution in [0.4, 0.5) is 0 Å². The predicted octanol–water partition coefficient (Wildman–Crippen LogP) is 1.98. The molecule has 5 rings (SSSR count). The average molecular weight is 421 g/mol. The van der Waals surface area contributed by atoms with Crippen LogP contribution in [0.2, 0.25) is 0 Å². The van der Waals surface area contributed by atoms with Gasteiger partial charge < -0.3 is 19.1 Å². The molecule has 7 heteroatoms. The Morgan fingerprint density at radius 2 is 2.13 bits per heavy atom. The molecular formula is C24H28N4O3. The Labute approximate surface area is 182 Å². The van der Waals surface area contributed by atoms with Crippen molar-refractivity contribution in [3.8, 4) is 0 Å². The second-order valence-electron chi connectivity index (χ2n) is 9.16. The van der Waals surface area contributed by atoms with Gasteiger partial charge in [0.05, 0.1) is 31.0 Å². The molecule has 0 saturated carbocycles. The summed E-state index contributed by atoms with van der Waals surface area (Å²) in [5.74, 6) is -0.211. The second kappa shape index (κ2) is 7.05. The highest BCUT2D eigenvalue weighted by atomic mass is 16.5. The number of aromatic nitrogens is 2. The van der Waals surface area contributed by atoms with Crippen molar-refractivity contribution in [2.24, 2.45) is 18.9 Å². The number of fused-ring (bicyclic) bond motifs is 1. The molecule has 1 aromatic heterocycles. The molecule has 7 nitrogen and oxygen atoms in total. The van der Waals surface area contributed by atoms with Gasteiger partial charge in [-0.15, -0.1) is 0 Å². The van der Waals surface area contributed by atoms with E-state index in [0.29, 0.717) is 19.6 Å². The number of imidazole rings is 1. The van der Waals surface area contributed by atoms with Crippen molar-refractivity contribution >= 4 is 11.8 Å². The van der Waals surface area contributed by atoms with Gasteiger partial charge >= 0.3 is 0 Å². The van der Waals surface area contributed by atoms with Crippen LogP contribution < -0.4 is 0 Å². The van der Waals surface area contributed by atoms with Gasteiger partial charge in [0.25, 0.3) is 0 Å². The highest BCUT2D eigenvalue weighted by molar-refractivity contribution is 5.93. The van der Waals surface area contributed by atoms with Crippen molar-refractivity contribution < 1.29 is 14.3 Å². The molecule has 4 atom stereocenters. The SMILES string of the molecule is Cc1ccc(CN2C[C@@]34C=C[C@@H](O3)C(C(=O)N(C)Cc3nccn3C)C4C2=O)cc1C. The van der Waals surface area contributed by atoms with Crippen LogP contribution in [0.1, 0.15) is 22.5 Å². The molecule has 31 heavy (non-hydrogen) atoms. The molecule has 2 fully saturated rings. The van der Waals surface area contributed by atoms with Crippen molar-refractivity contribution in [1.82, 2.24) is 19.4 Å². The number of carbonyl (C=O) groups excluding carboxylic acids is 2. The lowest BCUT2D eigenvalue weighted by Crippen LogP contribution is -2.44. The minimum absolute atomic E-state index is 0.00817. The summed E-state index contributed by atoms with van der Waals surface area (Å²) in [6, 6.07) is 6.29. The quantitative estimate of drug-likeness (QED) is 0.694. The molecule has 162 valence electrons. The Balaban J connectivity index is 1.36. The Kier molecular flexibility index (Phi) is 4.55. The van der Waals surface area contributed by atoms with Crippen LogP contribution in [-0.4, -0.2) is 56.5 Å². The maximum absolute atomic E-state index is 13.5. The topological polar surface area (TPSA) is 67.7 Å². The maximum atomic E-state index is 13.5. The number of hydrogen-bond donors (Lipinski definition) is 0. The zero-order valence-electron chi connectivity index (χ0n) is 18.4. The van der Waals surface area contributed by atoms with E-state index in [1.54, 1.807) is 18.1 Å². The number of carbonyl (C=O) groups is 2. The number of rotatable bonds is 5. The second-order valence-corrected chi connectivity index (χ2v) is 9.16. The lowest BCUT2D eigenvalue weighted by atomic mass is 9.76. The molecule has 0 radical (unpaired) electrons. The first-order valence-electron chi connectivity index (χ1n) is 10.7. The number of hydrogen-bond acceptors (Lipinski definition) is 4. The smallest absolute Gasteiger partial charge is 0.230 e. The van der Waals surface area contributed by atoms with Crippen LogP contribution in [-0.2, 0) is 34.5 Å². The highest BCUT2D eigenvalue weighted by Crippen LogP contribution is 2.52. The van der Waals surface area contributed by atoms with Crippen LogP contribution in [0.3, 0.4) is 0 Å². The molecule has 2 bridgehead atoms. The zero-order chi connectivity index (χ0) is 21.9. The molecule has 1 aromatic carbocycles. The summed E-state index contributed by atoms with van der Waals surface area (Å²) in [6.07, 6.45) is 7.20. The molecule has 0 N–H and O–H groups in total. The van der Waals surface area contributed by atoms with E-state index in [9.17, 15) is 9.59 Å². The Morgan fingerprint density at radius 1 is 1.32 bits per heavy atom. The van der Waals surface area contributed by atoms with Crippen molar-refractivity contribution in [3.63, 3.8) is 0 Å². The van der Waals surface area contributed by atoms with Crippen molar-refractivity contribution in [3.05, 3.63) is 65.3 Å². The average Bonchev–Trinajstić information content (AvgIpc) is 3.47. The number of aryl methyl sites for hydroxylation is 3. The van der Waals surface area contributed by atoms with E-state index < -0.39 is 17.4 Å². The molecule has 2 saturated heterocycles. The molecule has 2 aromatic rings. The van der Waals surface area contributed by atoms with Crippen LogP contribution in [0, 0.1) is 25.7 Å². The van der Waals surface area contributed by atoms with E-state index in [4.69, 9.17) is 4.74 Å². The molecule has 0 aliphatic carbocycles. The summed E-state index contributed by atoms with van der Waals surface area (Å²) in [7, 11) is 3.68. The normalized spacial score (nSPS) is 28.5. The molecule has 2 amide bonds. The fourth-order valence-electron chi connectivity index (χ4n) is 5.21. The minimum Gasteiger partial charge on any atom is -0.360 e. The largest absolute Gasteiger partial charge is 0.360 e. The summed E-state index contributed by atoms with van der Waals surface area (Å²) in [6.45, 7) is 5.58. The van der Waals surface area contributed by atoms with Gasteiger partial charge in [-0.2, -0.15) is 0 Å². The number of nitrogens with zero attached hydrogens (tertiary/aromatic N) is 4. The fraction of sp³-hybridized carbons (Fsp3) is 0.458. The third kappa shape index (κ3) is 3.10. The van der Waals surface area contributed by atoms with E-state index in [1.807, 2.05) is 34.9 Å². The van der Waals surface area contributed by atoms with Gasteiger partial charge in [0.1, 0.15) is 11.4 Å². The van der Waals surface area contributed by atoms with E-state index in [-0.39, 0.29) is 17.9 Å². The molecular weight excluding hydrogens is 392 g/mol. The number of ether oxygens (including phenoxy) is 1. The minimum atomic E-state index is -0.689. The van der Waals surface area contributed by atoms with Crippen molar-refractivity contribution in [2.75, 3.05) is 13.6 Å². The monoisotopic (exact) mass is 420 g/mol. The fourth-order valence-corrected chi connectivity index (χ4v) is 5.21. The number of likely N-dealkylation sites (tertiary alicyclic amines) is 1. The lowest BCUT2D eigenvalue weighted by Gasteiger charge is -2.27. The Bertz CT molecular complexity index is 1090. The first-order chi connectivity index (χ1) is 14.8. The third-order valence-electron chi connectivity index (χ3n) is 7.08. The molecule has 1 spiro atoms. The van der Waals surface area contributed by atoms with Gasteiger partial charge in [-0.25, -0.2) is 4.98 Å². The predicted molar refractivity (Wildman–Crippen MR) is 115 cm³/mol. The van der Waals surface area contributed by atoms with E-state index in [1.165, 1.54) is 11.1 Å². The van der Waals surface area contributed by atoms with Gasteiger partial charge in [-0.05, 0) is 30.5 Å². The van der Waals surface area contributed by atoms with Crippen LogP contribution in [0.25, 0.3) is 0 Å². The van der Waals surface area contributed by atoms with Gasteiger partial charge in [-0.1, -0.05) is 30.4 Å². The first kappa shape index (κ1) is 20.0. The van der Waals surface area contributed by atoms with Crippen molar-refractivity contribution in [1.29, 1.82) is 0 Å². The summed E-state index contributed by atoms with van der Waals surface area (Å²) in [4.78, 5) is 34.7. The van der Waals surface area contributed by atoms with Crippen LogP contribution >= 0.6 is 0 Å². The summed E-state index contributed by atoms with van der Waals surface area (Å²) in [5, 5.41) is 0. The van der Waals surface area contributed by atoms with Crippen LogP contribution in [0.15, 0.2) is 42.7 Å². The van der Waals surface area contributed by atoms with Gasteiger partial charge in [0.2, 0.25) is 11.8 Å². The van der Waals surface area contributed by atoms with E-state index in [0.717, 1.165) is 11.4 Å². The number of benzene rings is 1. The lowest BCUT2D eigenvalue weighted by molar-refractivity contribution is -0.143. The summed E-state index contributed by atoms with van der Waals surface area (Å²) in [5.41, 5.74) is 2.86. The molecule has 4 heterocycles. The molecule has 3 aliphatic heterocycles. The zero-order valence-corrected chi connectivity index (χ0v) is 18.4. The Hall–Kier alpha value is -2.93. The third-order valence-corrected chi connectivity index (χ3v) is 7.08. The van der Waals surface area contributed by atoms with Gasteiger partial charge in [0, 0.05) is 33.0 Å². The maximum Gasteiger partial charge on any atom is 0.230 e. The Morgan fingerprint density at radius 3 is 2.84 bits per heavy atom. The highest BCUT2D eigenvalue weighted by Gasteiger charge is 2.67. The number of amides is 2. The van der Waals surface area contributed by atoms with Crippen molar-refractivity contribution in [2.45, 2.75) is 38.6 Å². The van der Waals surface area contributed by atoms with E-state index >= 15 is 0 Å². The van der Waals surface area contributed by atoms with Crippen LogP contribution in [0.5, 0.6) is 0 Å².